The molecular weight excluding hydrogens is 399 g/mol. The molecule has 8 heteroatoms. The van der Waals surface area contributed by atoms with Crippen molar-refractivity contribution >= 4 is 46.9 Å². The summed E-state index contributed by atoms with van der Waals surface area (Å²) in [5.74, 6) is 0.699. The molecule has 0 aromatic heterocycles. The Bertz CT molecular complexity index is 661. The number of fused-ring (bicyclic) bond motifs is 1. The molecular formula is C18H23Cl3N2O3. The first kappa shape index (κ1) is 21.3. The Kier molecular flexibility index (Phi) is 8.51. The van der Waals surface area contributed by atoms with Gasteiger partial charge in [0.25, 0.3) is 0 Å². The van der Waals surface area contributed by atoms with E-state index in [1.165, 1.54) is 25.5 Å². The van der Waals surface area contributed by atoms with Crippen LogP contribution in [0.25, 0.3) is 5.03 Å². The normalized spacial score (nSPS) is 18.9. The molecule has 1 fully saturated rings. The van der Waals surface area contributed by atoms with Gasteiger partial charge >= 0.3 is 0 Å². The SMILES string of the molecule is Cl.OC(CO/N=C/C1=C(Cl)c2cc(Cl)ccc2OC1)CN1CCCCC1. The van der Waals surface area contributed by atoms with Crippen molar-refractivity contribution in [1.82, 2.24) is 4.90 Å². The molecule has 1 aromatic carbocycles. The molecule has 0 bridgehead atoms. The van der Waals surface area contributed by atoms with E-state index in [0.717, 1.165) is 18.7 Å². The van der Waals surface area contributed by atoms with Crippen LogP contribution in [0.3, 0.4) is 0 Å². The van der Waals surface area contributed by atoms with E-state index in [9.17, 15) is 5.11 Å². The van der Waals surface area contributed by atoms with E-state index in [0.29, 0.717) is 34.5 Å². The number of hydrogen-bond donors (Lipinski definition) is 1. The van der Waals surface area contributed by atoms with Crippen molar-refractivity contribution in [2.75, 3.05) is 32.8 Å². The van der Waals surface area contributed by atoms with Gasteiger partial charge in [0, 0.05) is 22.7 Å². The second-order valence-electron chi connectivity index (χ2n) is 6.31. The molecule has 0 aliphatic carbocycles. The second-order valence-corrected chi connectivity index (χ2v) is 7.13. The van der Waals surface area contributed by atoms with Gasteiger partial charge in [-0.25, -0.2) is 0 Å². The fourth-order valence-electron chi connectivity index (χ4n) is 3.01. The van der Waals surface area contributed by atoms with Crippen LogP contribution in [0.1, 0.15) is 24.8 Å². The zero-order chi connectivity index (χ0) is 17.6. The Morgan fingerprint density at radius 1 is 1.27 bits per heavy atom. The summed E-state index contributed by atoms with van der Waals surface area (Å²) in [6.07, 6.45) is 4.65. The maximum absolute atomic E-state index is 10.0. The van der Waals surface area contributed by atoms with Crippen LogP contribution in [0.4, 0.5) is 0 Å². The molecule has 144 valence electrons. The van der Waals surface area contributed by atoms with Crippen molar-refractivity contribution in [2.24, 2.45) is 5.16 Å². The van der Waals surface area contributed by atoms with Crippen molar-refractivity contribution in [3.05, 3.63) is 34.4 Å². The Morgan fingerprint density at radius 3 is 2.81 bits per heavy atom. The summed E-state index contributed by atoms with van der Waals surface area (Å²) in [5.41, 5.74) is 1.45. The van der Waals surface area contributed by atoms with Gasteiger partial charge in [-0.15, -0.1) is 12.4 Å². The molecule has 5 nitrogen and oxygen atoms in total. The first-order valence-electron chi connectivity index (χ1n) is 8.50. The van der Waals surface area contributed by atoms with Crippen LogP contribution in [0, 0.1) is 0 Å². The van der Waals surface area contributed by atoms with Crippen molar-refractivity contribution in [1.29, 1.82) is 0 Å². The molecule has 0 saturated carbocycles. The smallest absolute Gasteiger partial charge is 0.144 e. The van der Waals surface area contributed by atoms with Gasteiger partial charge in [0.05, 0.1) is 11.2 Å². The van der Waals surface area contributed by atoms with Gasteiger partial charge in [0.1, 0.15) is 25.1 Å². The number of aliphatic hydroxyl groups is 1. The number of oxime groups is 1. The highest BCUT2D eigenvalue weighted by Gasteiger charge is 2.18. The molecule has 3 rings (SSSR count). The minimum atomic E-state index is -0.554. The third kappa shape index (κ3) is 5.76. The van der Waals surface area contributed by atoms with Gasteiger partial charge in [0.2, 0.25) is 0 Å². The van der Waals surface area contributed by atoms with Crippen LogP contribution in [0.15, 0.2) is 28.9 Å². The lowest BCUT2D eigenvalue weighted by Crippen LogP contribution is -2.37. The lowest BCUT2D eigenvalue weighted by atomic mass is 10.1. The Hall–Kier alpha value is -0.980. The number of aliphatic hydroxyl groups excluding tert-OH is 1. The fourth-order valence-corrected chi connectivity index (χ4v) is 3.43. The van der Waals surface area contributed by atoms with Crippen LogP contribution >= 0.6 is 35.6 Å². The average molecular weight is 422 g/mol. The topological polar surface area (TPSA) is 54.3 Å². The summed E-state index contributed by atoms with van der Waals surface area (Å²) in [4.78, 5) is 7.48. The number of β-amino-alcohol motifs (C(OH)–C–C–N with tert-alkyl or cyclic N) is 1. The van der Waals surface area contributed by atoms with E-state index in [4.69, 9.17) is 32.8 Å². The third-order valence-electron chi connectivity index (χ3n) is 4.31. The average Bonchev–Trinajstić information content (AvgIpc) is 2.62. The van der Waals surface area contributed by atoms with Gasteiger partial charge in [-0.05, 0) is 44.1 Å². The zero-order valence-electron chi connectivity index (χ0n) is 14.4. The van der Waals surface area contributed by atoms with Crippen molar-refractivity contribution in [2.45, 2.75) is 25.4 Å². The molecule has 0 spiro atoms. The number of benzene rings is 1. The summed E-state index contributed by atoms with van der Waals surface area (Å²) < 4.78 is 5.64. The van der Waals surface area contributed by atoms with E-state index in [1.54, 1.807) is 18.2 Å². The summed E-state index contributed by atoms with van der Waals surface area (Å²) in [6, 6.07) is 5.31. The summed E-state index contributed by atoms with van der Waals surface area (Å²) in [5, 5.41) is 15.1. The predicted molar refractivity (Wildman–Crippen MR) is 108 cm³/mol. The number of rotatable bonds is 6. The minimum Gasteiger partial charge on any atom is -0.488 e. The molecule has 1 atom stereocenters. The van der Waals surface area contributed by atoms with Crippen LogP contribution in [-0.4, -0.2) is 55.2 Å². The first-order chi connectivity index (χ1) is 12.1. The molecule has 2 heterocycles. The van der Waals surface area contributed by atoms with E-state index in [-0.39, 0.29) is 19.0 Å². The minimum absolute atomic E-state index is 0. The summed E-state index contributed by atoms with van der Waals surface area (Å²) >= 11 is 12.4. The zero-order valence-corrected chi connectivity index (χ0v) is 16.7. The van der Waals surface area contributed by atoms with Gasteiger partial charge in [-0.1, -0.05) is 34.8 Å². The van der Waals surface area contributed by atoms with E-state index in [1.807, 2.05) is 0 Å². The standard InChI is InChI=1S/C18H22Cl2N2O3.ClH/c19-14-4-5-17-16(8-14)18(20)13(11-24-17)9-21-25-12-15(23)10-22-6-2-1-3-7-22;/h4-5,8-9,15,23H,1-3,6-7,10-12H2;1H/b21-9+;. The van der Waals surface area contributed by atoms with Gasteiger partial charge < -0.3 is 19.6 Å². The monoisotopic (exact) mass is 420 g/mol. The highest BCUT2D eigenvalue weighted by atomic mass is 35.5. The molecule has 1 N–H and O–H groups in total. The van der Waals surface area contributed by atoms with E-state index in [2.05, 4.69) is 10.1 Å². The Labute approximate surface area is 169 Å². The second kappa shape index (κ2) is 10.4. The highest BCUT2D eigenvalue weighted by molar-refractivity contribution is 6.51. The van der Waals surface area contributed by atoms with Crippen LogP contribution in [-0.2, 0) is 4.84 Å². The van der Waals surface area contributed by atoms with Crippen molar-refractivity contribution < 1.29 is 14.7 Å². The van der Waals surface area contributed by atoms with Crippen molar-refractivity contribution in [3.8, 4) is 5.75 Å². The lowest BCUT2D eigenvalue weighted by Gasteiger charge is -2.27. The third-order valence-corrected chi connectivity index (χ3v) is 4.99. The Morgan fingerprint density at radius 2 is 2.04 bits per heavy atom. The fraction of sp³-hybridized carbons (Fsp3) is 0.500. The van der Waals surface area contributed by atoms with E-state index >= 15 is 0 Å². The van der Waals surface area contributed by atoms with Gasteiger partial charge in [-0.2, -0.15) is 0 Å². The summed E-state index contributed by atoms with van der Waals surface area (Å²) in [6.45, 7) is 3.18. The number of hydrogen-bond acceptors (Lipinski definition) is 5. The van der Waals surface area contributed by atoms with E-state index < -0.39 is 6.10 Å². The molecule has 26 heavy (non-hydrogen) atoms. The van der Waals surface area contributed by atoms with Crippen LogP contribution in [0.5, 0.6) is 5.75 Å². The van der Waals surface area contributed by atoms with Gasteiger partial charge in [-0.3, -0.25) is 0 Å². The number of ether oxygens (including phenoxy) is 1. The molecule has 0 amide bonds. The Balaban J connectivity index is 0.00000243. The molecule has 2 aliphatic heterocycles. The van der Waals surface area contributed by atoms with Gasteiger partial charge in [0.15, 0.2) is 0 Å². The maximum atomic E-state index is 10.0. The number of halogens is 3. The molecule has 0 radical (unpaired) electrons. The largest absolute Gasteiger partial charge is 0.488 e. The molecule has 1 aromatic rings. The number of piperidine rings is 1. The molecule has 1 saturated heterocycles. The summed E-state index contributed by atoms with van der Waals surface area (Å²) in [7, 11) is 0. The van der Waals surface area contributed by atoms with Crippen LogP contribution < -0.4 is 4.74 Å². The number of nitrogens with zero attached hydrogens (tertiary/aromatic N) is 2. The lowest BCUT2D eigenvalue weighted by molar-refractivity contribution is 0.0163. The number of likely N-dealkylation sites (tertiary alicyclic amines) is 1. The first-order valence-corrected chi connectivity index (χ1v) is 9.26. The van der Waals surface area contributed by atoms with Crippen LogP contribution in [0.2, 0.25) is 5.02 Å². The highest BCUT2D eigenvalue weighted by Crippen LogP contribution is 2.36. The molecule has 2 aliphatic rings. The maximum Gasteiger partial charge on any atom is 0.144 e. The predicted octanol–water partition coefficient (Wildman–Crippen LogP) is 3.95. The van der Waals surface area contributed by atoms with Crippen molar-refractivity contribution in [3.63, 3.8) is 0 Å². The quantitative estimate of drug-likeness (QED) is 0.558. The molecule has 1 unspecified atom stereocenters.